The second-order valence-corrected chi connectivity index (χ2v) is 6.49. The molecule has 23 heavy (non-hydrogen) atoms. The first-order valence-electron chi connectivity index (χ1n) is 7.53. The van der Waals surface area contributed by atoms with E-state index in [0.717, 1.165) is 25.1 Å². The molecule has 3 nitrogen and oxygen atoms in total. The van der Waals surface area contributed by atoms with Crippen molar-refractivity contribution < 1.29 is 9.13 Å². The van der Waals surface area contributed by atoms with E-state index < -0.39 is 0 Å². The summed E-state index contributed by atoms with van der Waals surface area (Å²) >= 11 is 11.6. The summed E-state index contributed by atoms with van der Waals surface area (Å²) in [4.78, 5) is 4.11. The predicted octanol–water partition coefficient (Wildman–Crippen LogP) is 4.30. The molecule has 0 spiro atoms. The topological polar surface area (TPSA) is 34.1 Å². The highest BCUT2D eigenvalue weighted by Crippen LogP contribution is 2.32. The van der Waals surface area contributed by atoms with Crippen LogP contribution in [0, 0.1) is 11.7 Å². The highest BCUT2D eigenvalue weighted by atomic mass is 35.5. The molecule has 1 aromatic carbocycles. The number of benzene rings is 1. The fraction of sp³-hybridized carbons (Fsp3) is 0.353. The van der Waals surface area contributed by atoms with Crippen molar-refractivity contribution in [3.05, 3.63) is 58.0 Å². The van der Waals surface area contributed by atoms with E-state index in [0.29, 0.717) is 23.4 Å². The average Bonchev–Trinajstić information content (AvgIpc) is 3.00. The summed E-state index contributed by atoms with van der Waals surface area (Å²) < 4.78 is 19.3. The minimum absolute atomic E-state index is 0.161. The van der Waals surface area contributed by atoms with Crippen LogP contribution in [-0.4, -0.2) is 24.7 Å². The van der Waals surface area contributed by atoms with Gasteiger partial charge in [-0.3, -0.25) is 0 Å². The Morgan fingerprint density at radius 3 is 2.83 bits per heavy atom. The zero-order chi connectivity index (χ0) is 16.2. The van der Waals surface area contributed by atoms with Crippen molar-refractivity contribution in [3.8, 4) is 5.88 Å². The number of nitrogens with zero attached hydrogens (tertiary/aromatic N) is 1. The fourth-order valence-electron chi connectivity index (χ4n) is 2.93. The number of ether oxygens (including phenoxy) is 1. The van der Waals surface area contributed by atoms with Crippen molar-refractivity contribution in [2.45, 2.75) is 12.3 Å². The maximum absolute atomic E-state index is 13.7. The lowest BCUT2D eigenvalue weighted by molar-refractivity contribution is 0.267. The molecule has 122 valence electrons. The molecular weight excluding hydrogens is 338 g/mol. The SMILES string of the molecule is Fc1cc([C@H]2CNC[C@@H]2CCOc2ccc(Cl)cn2)ccc1Cl. The van der Waals surface area contributed by atoms with Gasteiger partial charge in [-0.2, -0.15) is 0 Å². The first-order valence-corrected chi connectivity index (χ1v) is 8.29. The van der Waals surface area contributed by atoms with Crippen LogP contribution in [0.5, 0.6) is 5.88 Å². The van der Waals surface area contributed by atoms with Crippen molar-refractivity contribution >= 4 is 23.2 Å². The Balaban J connectivity index is 1.58. The van der Waals surface area contributed by atoms with Gasteiger partial charge in [-0.05, 0) is 42.6 Å². The van der Waals surface area contributed by atoms with E-state index in [1.807, 2.05) is 6.07 Å². The van der Waals surface area contributed by atoms with Gasteiger partial charge in [0.2, 0.25) is 5.88 Å². The van der Waals surface area contributed by atoms with E-state index in [4.69, 9.17) is 27.9 Å². The third-order valence-corrected chi connectivity index (χ3v) is 4.68. The van der Waals surface area contributed by atoms with Gasteiger partial charge in [0.15, 0.2) is 0 Å². The number of hydrogen-bond acceptors (Lipinski definition) is 3. The van der Waals surface area contributed by atoms with Crippen molar-refractivity contribution in [3.63, 3.8) is 0 Å². The second kappa shape index (κ2) is 7.47. The van der Waals surface area contributed by atoms with Crippen molar-refractivity contribution in [1.29, 1.82) is 0 Å². The molecule has 0 radical (unpaired) electrons. The number of hydrogen-bond donors (Lipinski definition) is 1. The van der Waals surface area contributed by atoms with E-state index in [1.165, 1.54) is 6.07 Å². The van der Waals surface area contributed by atoms with Crippen molar-refractivity contribution in [1.82, 2.24) is 10.3 Å². The van der Waals surface area contributed by atoms with Gasteiger partial charge in [0.25, 0.3) is 0 Å². The molecule has 1 aliphatic rings. The second-order valence-electron chi connectivity index (χ2n) is 5.65. The summed E-state index contributed by atoms with van der Waals surface area (Å²) in [6, 6.07) is 8.56. The molecule has 0 aliphatic carbocycles. The zero-order valence-electron chi connectivity index (χ0n) is 12.4. The molecule has 0 amide bonds. The lowest BCUT2D eigenvalue weighted by Crippen LogP contribution is -2.15. The molecule has 1 saturated heterocycles. The molecule has 3 rings (SSSR count). The van der Waals surface area contributed by atoms with Gasteiger partial charge in [0.05, 0.1) is 16.7 Å². The van der Waals surface area contributed by atoms with Gasteiger partial charge >= 0.3 is 0 Å². The van der Waals surface area contributed by atoms with Gasteiger partial charge in [-0.1, -0.05) is 29.3 Å². The van der Waals surface area contributed by atoms with Crippen molar-refractivity contribution in [2.75, 3.05) is 19.7 Å². The molecule has 0 saturated carbocycles. The van der Waals surface area contributed by atoms with Crippen LogP contribution in [-0.2, 0) is 0 Å². The maximum atomic E-state index is 13.7. The van der Waals surface area contributed by atoms with E-state index >= 15 is 0 Å². The molecule has 2 atom stereocenters. The maximum Gasteiger partial charge on any atom is 0.213 e. The summed E-state index contributed by atoms with van der Waals surface area (Å²) in [6.45, 7) is 2.30. The minimum Gasteiger partial charge on any atom is -0.478 e. The van der Waals surface area contributed by atoms with Gasteiger partial charge < -0.3 is 10.1 Å². The Kier molecular flexibility index (Phi) is 5.36. The lowest BCUT2D eigenvalue weighted by Gasteiger charge is -2.19. The molecule has 1 aromatic heterocycles. The highest BCUT2D eigenvalue weighted by Gasteiger charge is 2.28. The monoisotopic (exact) mass is 354 g/mol. The van der Waals surface area contributed by atoms with Gasteiger partial charge in [-0.15, -0.1) is 0 Å². The predicted molar refractivity (Wildman–Crippen MR) is 89.9 cm³/mol. The molecule has 6 heteroatoms. The van der Waals surface area contributed by atoms with E-state index in [-0.39, 0.29) is 16.8 Å². The Labute approximate surface area is 144 Å². The smallest absolute Gasteiger partial charge is 0.213 e. The van der Waals surface area contributed by atoms with Crippen LogP contribution in [0.15, 0.2) is 36.5 Å². The summed E-state index contributed by atoms with van der Waals surface area (Å²) in [5.41, 5.74) is 0.978. The summed E-state index contributed by atoms with van der Waals surface area (Å²) in [7, 11) is 0. The first kappa shape index (κ1) is 16.5. The molecule has 0 bridgehead atoms. The quantitative estimate of drug-likeness (QED) is 0.868. The van der Waals surface area contributed by atoms with Gasteiger partial charge in [-0.25, -0.2) is 9.37 Å². The van der Waals surface area contributed by atoms with Crippen LogP contribution in [0.4, 0.5) is 4.39 Å². The summed E-state index contributed by atoms with van der Waals surface area (Å²) in [5, 5.41) is 4.11. The van der Waals surface area contributed by atoms with E-state index in [1.54, 1.807) is 24.4 Å². The van der Waals surface area contributed by atoms with Gasteiger partial charge in [0.1, 0.15) is 5.82 Å². The molecule has 2 aromatic rings. The summed E-state index contributed by atoms with van der Waals surface area (Å²) in [5.74, 6) is 0.859. The zero-order valence-corrected chi connectivity index (χ0v) is 13.9. The Hall–Kier alpha value is -1.36. The third kappa shape index (κ3) is 4.14. The number of aromatic nitrogens is 1. The minimum atomic E-state index is -0.364. The van der Waals surface area contributed by atoms with Crippen LogP contribution < -0.4 is 10.1 Å². The van der Waals surface area contributed by atoms with E-state index in [2.05, 4.69) is 10.3 Å². The molecule has 1 aliphatic heterocycles. The highest BCUT2D eigenvalue weighted by molar-refractivity contribution is 6.30. The Bertz CT molecular complexity index is 666. The third-order valence-electron chi connectivity index (χ3n) is 4.15. The Morgan fingerprint density at radius 2 is 2.09 bits per heavy atom. The van der Waals surface area contributed by atoms with Crippen molar-refractivity contribution in [2.24, 2.45) is 5.92 Å². The van der Waals surface area contributed by atoms with Crippen LogP contribution in [0.1, 0.15) is 17.9 Å². The number of rotatable bonds is 5. The molecular formula is C17H17Cl2FN2O. The number of halogens is 3. The molecule has 0 unspecified atom stereocenters. The number of nitrogens with one attached hydrogen (secondary N) is 1. The summed E-state index contributed by atoms with van der Waals surface area (Å²) in [6.07, 6.45) is 2.43. The van der Waals surface area contributed by atoms with Crippen LogP contribution in [0.25, 0.3) is 0 Å². The van der Waals surface area contributed by atoms with E-state index in [9.17, 15) is 4.39 Å². The largest absolute Gasteiger partial charge is 0.478 e. The normalized spacial score (nSPS) is 20.7. The Morgan fingerprint density at radius 1 is 1.22 bits per heavy atom. The van der Waals surface area contributed by atoms with Crippen LogP contribution >= 0.6 is 23.2 Å². The first-order chi connectivity index (χ1) is 11.1. The van der Waals surface area contributed by atoms with Gasteiger partial charge in [0, 0.05) is 24.7 Å². The van der Waals surface area contributed by atoms with Crippen LogP contribution in [0.3, 0.4) is 0 Å². The lowest BCUT2D eigenvalue weighted by atomic mass is 9.87. The standard InChI is InChI=1S/C17H17Cl2FN2O/c18-13-2-4-17(22-9-13)23-6-5-12-8-21-10-14(12)11-1-3-15(19)16(20)7-11/h1-4,7,9,12,14,21H,5-6,8,10H2/t12-,14+/m0/s1. The average molecular weight is 355 g/mol. The van der Waals surface area contributed by atoms with Crippen LogP contribution in [0.2, 0.25) is 10.0 Å². The number of pyridine rings is 1. The molecule has 2 heterocycles. The molecule has 1 N–H and O–H groups in total. The molecule has 1 fully saturated rings. The fourth-order valence-corrected chi connectivity index (χ4v) is 3.16.